The quantitative estimate of drug-likeness (QED) is 0.452. The topological polar surface area (TPSA) is 110 Å². The number of ether oxygens (including phenoxy) is 2. The molecule has 3 aromatic rings. The van der Waals surface area contributed by atoms with Gasteiger partial charge >= 0.3 is 5.69 Å². The number of aliphatic hydroxyl groups excluding tert-OH is 1. The smallest absolute Gasteiger partial charge is 0.302 e. The SMILES string of the molecule is COc1ccc(-n2c(C=CN(C)C)c([N+](=O)[O-])c3ccc(OC)c(CO)c32)cc1O. The summed E-state index contributed by atoms with van der Waals surface area (Å²) in [7, 11) is 6.51. The van der Waals surface area contributed by atoms with E-state index in [1.54, 1.807) is 60.1 Å². The molecule has 0 bridgehead atoms. The average molecular weight is 413 g/mol. The summed E-state index contributed by atoms with van der Waals surface area (Å²) >= 11 is 0. The molecular weight excluding hydrogens is 390 g/mol. The van der Waals surface area contributed by atoms with Gasteiger partial charge in [0.2, 0.25) is 0 Å². The second-order valence-electron chi connectivity index (χ2n) is 6.76. The number of fused-ring (bicyclic) bond motifs is 1. The van der Waals surface area contributed by atoms with Crippen LogP contribution in [0.1, 0.15) is 11.3 Å². The van der Waals surface area contributed by atoms with Crippen molar-refractivity contribution in [3.63, 3.8) is 0 Å². The molecule has 0 aliphatic carbocycles. The standard InChI is InChI=1S/C21H23N3O6/c1-22(2)10-9-16-21(24(27)28)14-6-8-18(29-3)15(12-25)20(14)23(16)13-5-7-19(30-4)17(26)11-13/h5-11,25-26H,12H2,1-4H3. The lowest BCUT2D eigenvalue weighted by molar-refractivity contribution is -0.383. The fourth-order valence-corrected chi connectivity index (χ4v) is 3.42. The molecule has 0 atom stereocenters. The maximum atomic E-state index is 12.0. The van der Waals surface area contributed by atoms with Gasteiger partial charge in [-0.3, -0.25) is 10.1 Å². The van der Waals surface area contributed by atoms with Gasteiger partial charge in [0.05, 0.1) is 42.3 Å². The summed E-state index contributed by atoms with van der Waals surface area (Å²) in [6.45, 7) is -0.388. The summed E-state index contributed by atoms with van der Waals surface area (Å²) in [4.78, 5) is 13.3. The van der Waals surface area contributed by atoms with Gasteiger partial charge in [0.25, 0.3) is 0 Å². The molecule has 3 rings (SSSR count). The van der Waals surface area contributed by atoms with Crippen LogP contribution in [-0.2, 0) is 6.61 Å². The zero-order valence-corrected chi connectivity index (χ0v) is 17.1. The summed E-state index contributed by atoms with van der Waals surface area (Å²) in [6.07, 6.45) is 3.31. The molecular formula is C21H23N3O6. The van der Waals surface area contributed by atoms with E-state index in [1.165, 1.54) is 20.3 Å². The highest BCUT2D eigenvalue weighted by atomic mass is 16.6. The minimum atomic E-state index is -0.453. The van der Waals surface area contributed by atoms with Crippen molar-refractivity contribution in [2.24, 2.45) is 0 Å². The van der Waals surface area contributed by atoms with Crippen molar-refractivity contribution in [1.29, 1.82) is 0 Å². The molecule has 0 unspecified atom stereocenters. The van der Waals surface area contributed by atoms with Crippen molar-refractivity contribution < 1.29 is 24.6 Å². The van der Waals surface area contributed by atoms with Gasteiger partial charge < -0.3 is 29.2 Å². The zero-order chi connectivity index (χ0) is 22.0. The second kappa shape index (κ2) is 8.34. The van der Waals surface area contributed by atoms with Crippen LogP contribution in [0, 0.1) is 10.1 Å². The van der Waals surface area contributed by atoms with E-state index in [9.17, 15) is 20.3 Å². The minimum absolute atomic E-state index is 0.115. The van der Waals surface area contributed by atoms with Gasteiger partial charge in [-0.05, 0) is 30.3 Å². The van der Waals surface area contributed by atoms with Gasteiger partial charge in [0, 0.05) is 31.9 Å². The Morgan fingerprint density at radius 1 is 1.17 bits per heavy atom. The van der Waals surface area contributed by atoms with Crippen molar-refractivity contribution in [1.82, 2.24) is 9.47 Å². The molecule has 9 heteroatoms. The fraction of sp³-hybridized carbons (Fsp3) is 0.238. The molecule has 30 heavy (non-hydrogen) atoms. The molecule has 0 amide bonds. The molecule has 0 fully saturated rings. The molecule has 0 aliphatic rings. The number of aromatic nitrogens is 1. The van der Waals surface area contributed by atoms with Crippen LogP contribution in [0.15, 0.2) is 36.5 Å². The summed E-state index contributed by atoms with van der Waals surface area (Å²) in [5.74, 6) is 0.560. The number of aromatic hydroxyl groups is 1. The average Bonchev–Trinajstić information content (AvgIpc) is 3.05. The lowest BCUT2D eigenvalue weighted by Gasteiger charge is -2.14. The lowest BCUT2D eigenvalue weighted by Crippen LogP contribution is -2.04. The third-order valence-electron chi connectivity index (χ3n) is 4.71. The first-order valence-electron chi connectivity index (χ1n) is 9.05. The molecule has 9 nitrogen and oxygen atoms in total. The number of hydrogen-bond acceptors (Lipinski definition) is 7. The van der Waals surface area contributed by atoms with Crippen LogP contribution in [0.25, 0.3) is 22.7 Å². The normalized spacial score (nSPS) is 11.2. The summed E-state index contributed by atoms with van der Waals surface area (Å²) < 4.78 is 12.1. The van der Waals surface area contributed by atoms with E-state index in [0.29, 0.717) is 27.9 Å². The Labute approximate surface area is 173 Å². The van der Waals surface area contributed by atoms with Crippen molar-refractivity contribution in [3.05, 3.63) is 57.9 Å². The third kappa shape index (κ3) is 3.50. The third-order valence-corrected chi connectivity index (χ3v) is 4.71. The van der Waals surface area contributed by atoms with Gasteiger partial charge in [-0.25, -0.2) is 0 Å². The number of methoxy groups -OCH3 is 2. The van der Waals surface area contributed by atoms with E-state index in [0.717, 1.165) is 0 Å². The molecule has 0 saturated carbocycles. The maximum Gasteiger partial charge on any atom is 0.302 e. The van der Waals surface area contributed by atoms with Gasteiger partial charge in [-0.2, -0.15) is 0 Å². The van der Waals surface area contributed by atoms with E-state index in [-0.39, 0.29) is 29.5 Å². The first-order chi connectivity index (χ1) is 14.3. The first-order valence-corrected chi connectivity index (χ1v) is 9.05. The molecule has 1 heterocycles. The largest absolute Gasteiger partial charge is 0.504 e. The summed E-state index contributed by atoms with van der Waals surface area (Å²) in [5.41, 5.74) is 1.46. The number of nitro groups is 1. The predicted molar refractivity (Wildman–Crippen MR) is 113 cm³/mol. The lowest BCUT2D eigenvalue weighted by atomic mass is 10.1. The van der Waals surface area contributed by atoms with Crippen molar-refractivity contribution in [2.45, 2.75) is 6.61 Å². The van der Waals surface area contributed by atoms with Crippen molar-refractivity contribution in [2.75, 3.05) is 28.3 Å². The Morgan fingerprint density at radius 3 is 2.37 bits per heavy atom. The second-order valence-corrected chi connectivity index (χ2v) is 6.76. The number of aliphatic hydroxyl groups is 1. The van der Waals surface area contributed by atoms with E-state index in [2.05, 4.69) is 0 Å². The van der Waals surface area contributed by atoms with E-state index >= 15 is 0 Å². The molecule has 2 aromatic carbocycles. The van der Waals surface area contributed by atoms with Gasteiger partial charge in [-0.15, -0.1) is 0 Å². The fourth-order valence-electron chi connectivity index (χ4n) is 3.42. The molecule has 0 saturated heterocycles. The van der Waals surface area contributed by atoms with Crippen molar-refractivity contribution in [3.8, 4) is 22.9 Å². The molecule has 1 aromatic heterocycles. The zero-order valence-electron chi connectivity index (χ0n) is 17.1. The monoisotopic (exact) mass is 413 g/mol. The number of phenolic OH excluding ortho intramolecular Hbond substituents is 1. The number of phenols is 1. The van der Waals surface area contributed by atoms with Crippen LogP contribution in [0.2, 0.25) is 0 Å². The molecule has 0 spiro atoms. The summed E-state index contributed by atoms with van der Waals surface area (Å²) in [5, 5.41) is 32.7. The van der Waals surface area contributed by atoms with E-state index < -0.39 is 4.92 Å². The van der Waals surface area contributed by atoms with Crippen LogP contribution in [0.3, 0.4) is 0 Å². The van der Waals surface area contributed by atoms with Crippen LogP contribution in [0.4, 0.5) is 5.69 Å². The summed E-state index contributed by atoms with van der Waals surface area (Å²) in [6, 6.07) is 7.89. The maximum absolute atomic E-state index is 12.0. The Kier molecular flexibility index (Phi) is 5.84. The van der Waals surface area contributed by atoms with Crippen LogP contribution < -0.4 is 9.47 Å². The number of rotatable bonds is 7. The van der Waals surface area contributed by atoms with Crippen LogP contribution in [-0.4, -0.2) is 52.9 Å². The highest BCUT2D eigenvalue weighted by Crippen LogP contribution is 2.42. The Hall–Kier alpha value is -3.72. The van der Waals surface area contributed by atoms with Gasteiger partial charge in [0.15, 0.2) is 11.5 Å². The van der Waals surface area contributed by atoms with Gasteiger partial charge in [0.1, 0.15) is 11.4 Å². The minimum Gasteiger partial charge on any atom is -0.504 e. The highest BCUT2D eigenvalue weighted by molar-refractivity contribution is 5.99. The highest BCUT2D eigenvalue weighted by Gasteiger charge is 2.29. The molecule has 0 radical (unpaired) electrons. The molecule has 158 valence electrons. The van der Waals surface area contributed by atoms with Crippen LogP contribution >= 0.6 is 0 Å². The van der Waals surface area contributed by atoms with Crippen molar-refractivity contribution >= 4 is 22.7 Å². The van der Waals surface area contributed by atoms with E-state index in [4.69, 9.17) is 9.47 Å². The Bertz CT molecular complexity index is 1130. The first kappa shape index (κ1) is 21.0. The Morgan fingerprint density at radius 2 is 1.83 bits per heavy atom. The Balaban J connectivity index is 2.52. The van der Waals surface area contributed by atoms with Gasteiger partial charge in [-0.1, -0.05) is 0 Å². The predicted octanol–water partition coefficient (Wildman–Crippen LogP) is 3.29. The molecule has 0 aliphatic heterocycles. The number of nitrogens with zero attached hydrogens (tertiary/aromatic N) is 3. The number of benzene rings is 2. The molecule has 2 N–H and O–H groups in total. The van der Waals surface area contributed by atoms with Crippen LogP contribution in [0.5, 0.6) is 17.2 Å². The van der Waals surface area contributed by atoms with E-state index in [1.807, 2.05) is 0 Å². The number of hydrogen-bond donors (Lipinski definition) is 2.